The zero-order valence-electron chi connectivity index (χ0n) is 30.7. The third-order valence-corrected chi connectivity index (χ3v) is 10.0. The molecule has 0 aliphatic carbocycles. The molecule has 0 saturated carbocycles. The second-order valence-electron chi connectivity index (χ2n) is 13.5. The highest BCUT2D eigenvalue weighted by atomic mass is 16.8. The van der Waals surface area contributed by atoms with Gasteiger partial charge in [-0.3, -0.25) is 9.59 Å². The molecule has 19 nitrogen and oxygen atoms in total. The minimum absolute atomic E-state index is 0.0821. The van der Waals surface area contributed by atoms with Crippen molar-refractivity contribution in [2.24, 2.45) is 33.9 Å². The van der Waals surface area contributed by atoms with E-state index in [1.165, 1.54) is 21.0 Å². The lowest BCUT2D eigenvalue weighted by atomic mass is 9.82. The van der Waals surface area contributed by atoms with Crippen molar-refractivity contribution in [2.75, 3.05) is 20.3 Å². The second kappa shape index (κ2) is 19.3. The van der Waals surface area contributed by atoms with Crippen molar-refractivity contribution in [3.63, 3.8) is 0 Å². The Morgan fingerprint density at radius 1 is 0.755 bits per heavy atom. The average molecular weight is 749 g/mol. The van der Waals surface area contributed by atoms with Crippen LogP contribution in [0.4, 0.5) is 0 Å². The maximum atomic E-state index is 13.5. The molecule has 0 aromatic heterocycles. The van der Waals surface area contributed by atoms with E-state index in [0.29, 0.717) is 0 Å². The van der Waals surface area contributed by atoms with E-state index in [-0.39, 0.29) is 31.7 Å². The summed E-state index contributed by atoms with van der Waals surface area (Å²) < 4.78 is 53.5. The minimum atomic E-state index is -1.53. The average Bonchev–Trinajstić information content (AvgIpc) is 3.13. The molecule has 292 valence electrons. The first kappa shape index (κ1) is 41.7. The molecular weight excluding hydrogens is 700 g/mol. The van der Waals surface area contributed by atoms with Gasteiger partial charge in [0.05, 0.1) is 38.0 Å². The Morgan fingerprint density at radius 2 is 1.36 bits per heavy atom. The molecule has 1 aromatic carbocycles. The summed E-state index contributed by atoms with van der Waals surface area (Å²) in [5, 5.41) is 18.3. The van der Waals surface area contributed by atoms with Crippen molar-refractivity contribution in [3.05, 3.63) is 56.8 Å². The smallest absolute Gasteiger partial charge is 0.337 e. The summed E-state index contributed by atoms with van der Waals surface area (Å²) in [5.74, 6) is -3.88. The summed E-state index contributed by atoms with van der Waals surface area (Å²) in [6.45, 7) is 9.33. The zero-order chi connectivity index (χ0) is 38.8. The van der Waals surface area contributed by atoms with E-state index in [1.807, 2.05) is 44.2 Å². The van der Waals surface area contributed by atoms with Crippen molar-refractivity contribution in [1.82, 2.24) is 0 Å². The number of carbonyl (C=O) groups is 3. The first-order valence-electron chi connectivity index (χ1n) is 17.3. The fourth-order valence-corrected chi connectivity index (χ4v) is 6.82. The van der Waals surface area contributed by atoms with Crippen LogP contribution < -0.4 is 0 Å². The van der Waals surface area contributed by atoms with Gasteiger partial charge in [-0.2, -0.15) is 0 Å². The molecule has 3 fully saturated rings. The number of esters is 3. The fourth-order valence-electron chi connectivity index (χ4n) is 6.82. The van der Waals surface area contributed by atoms with Crippen LogP contribution in [0.2, 0.25) is 0 Å². The van der Waals surface area contributed by atoms with Crippen LogP contribution in [-0.4, -0.2) is 111 Å². The maximum absolute atomic E-state index is 13.5. The number of benzene rings is 1. The molecule has 53 heavy (non-hydrogen) atoms. The summed E-state index contributed by atoms with van der Waals surface area (Å²) in [7, 11) is 1.18. The van der Waals surface area contributed by atoms with Crippen LogP contribution in [0.25, 0.3) is 20.9 Å². The number of nitrogens with zero attached hydrogens (tertiary/aromatic N) is 6. The van der Waals surface area contributed by atoms with Crippen molar-refractivity contribution in [1.29, 1.82) is 0 Å². The number of aliphatic hydroxyl groups excluding tert-OH is 1. The molecule has 1 N–H and O–H groups in total. The normalized spacial score (nSPS) is 36.9. The summed E-state index contributed by atoms with van der Waals surface area (Å²) in [4.78, 5) is 42.7. The Hall–Kier alpha value is -4.03. The Kier molecular flexibility index (Phi) is 15.2. The van der Waals surface area contributed by atoms with E-state index in [0.717, 1.165) is 5.56 Å². The Labute approximate surface area is 306 Å². The third-order valence-electron chi connectivity index (χ3n) is 10.0. The van der Waals surface area contributed by atoms with Crippen molar-refractivity contribution < 1.29 is 62.1 Å². The highest BCUT2D eigenvalue weighted by Gasteiger charge is 2.54. The van der Waals surface area contributed by atoms with Crippen LogP contribution in [0.3, 0.4) is 0 Å². The SMILES string of the molecule is COC(=O)C1O[C@@H](O[C@@H]2C(COC(C)=O)OC(O)C(N=[N+]=[N-])[C@H]2C)C(OCc2ccccc2)[C@@H](C)[C@@H]1O[C@H]1OC(COC(C)=O)[C@@H](C)[C@H](C)C1N=[N+]=[N-]. The molecule has 0 radical (unpaired) electrons. The van der Waals surface area contributed by atoms with Gasteiger partial charge in [-0.1, -0.05) is 68.3 Å². The number of aliphatic hydroxyl groups is 1. The van der Waals surface area contributed by atoms with E-state index in [1.54, 1.807) is 13.8 Å². The van der Waals surface area contributed by atoms with Gasteiger partial charge in [0.25, 0.3) is 0 Å². The van der Waals surface area contributed by atoms with Gasteiger partial charge in [-0.15, -0.1) is 0 Å². The van der Waals surface area contributed by atoms with E-state index in [2.05, 4.69) is 20.1 Å². The summed E-state index contributed by atoms with van der Waals surface area (Å²) in [6, 6.07) is 7.33. The molecule has 7 unspecified atom stereocenters. The molecule has 15 atom stereocenters. The van der Waals surface area contributed by atoms with Crippen LogP contribution in [0, 0.1) is 23.7 Å². The number of ether oxygens (including phenoxy) is 9. The molecule has 4 rings (SSSR count). The maximum Gasteiger partial charge on any atom is 0.337 e. The summed E-state index contributed by atoms with van der Waals surface area (Å²) >= 11 is 0. The summed E-state index contributed by atoms with van der Waals surface area (Å²) in [6.07, 6.45) is -10.3. The number of rotatable bonds is 14. The Morgan fingerprint density at radius 3 is 1.96 bits per heavy atom. The van der Waals surface area contributed by atoms with Crippen LogP contribution in [-0.2, 0) is 63.6 Å². The topological polar surface area (TPSA) is 252 Å². The van der Waals surface area contributed by atoms with E-state index < -0.39 is 97.3 Å². The number of hydrogen-bond donors (Lipinski definition) is 1. The highest BCUT2D eigenvalue weighted by Crippen LogP contribution is 2.40. The van der Waals surface area contributed by atoms with Gasteiger partial charge in [0.15, 0.2) is 25.0 Å². The van der Waals surface area contributed by atoms with Crippen LogP contribution >= 0.6 is 0 Å². The van der Waals surface area contributed by atoms with E-state index in [4.69, 9.17) is 42.6 Å². The molecule has 0 amide bonds. The van der Waals surface area contributed by atoms with Gasteiger partial charge >= 0.3 is 17.9 Å². The lowest BCUT2D eigenvalue weighted by Gasteiger charge is -2.50. The zero-order valence-corrected chi connectivity index (χ0v) is 30.7. The molecule has 1 aromatic rings. The first-order valence-corrected chi connectivity index (χ1v) is 17.3. The van der Waals surface area contributed by atoms with Gasteiger partial charge in [0.2, 0.25) is 0 Å². The lowest BCUT2D eigenvalue weighted by molar-refractivity contribution is -0.352. The molecule has 3 heterocycles. The van der Waals surface area contributed by atoms with Crippen molar-refractivity contribution in [3.8, 4) is 0 Å². The molecular formula is C34H48N6O13. The largest absolute Gasteiger partial charge is 0.467 e. The second-order valence-corrected chi connectivity index (χ2v) is 13.5. The molecule has 3 aliphatic rings. The predicted octanol–water partition coefficient (Wildman–Crippen LogP) is 3.71. The van der Waals surface area contributed by atoms with Gasteiger partial charge in [0.1, 0.15) is 31.5 Å². The van der Waals surface area contributed by atoms with E-state index in [9.17, 15) is 30.6 Å². The number of methoxy groups -OCH3 is 1. The van der Waals surface area contributed by atoms with Gasteiger partial charge < -0.3 is 47.7 Å². The van der Waals surface area contributed by atoms with Crippen molar-refractivity contribution >= 4 is 17.9 Å². The monoisotopic (exact) mass is 748 g/mol. The van der Waals surface area contributed by atoms with Gasteiger partial charge in [0, 0.05) is 29.6 Å². The Balaban J connectivity index is 1.72. The van der Waals surface area contributed by atoms with Gasteiger partial charge in [-0.25, -0.2) is 4.79 Å². The van der Waals surface area contributed by atoms with Crippen LogP contribution in [0.1, 0.15) is 47.1 Å². The van der Waals surface area contributed by atoms with Gasteiger partial charge in [-0.05, 0) is 34.4 Å². The number of hydrogen-bond acceptors (Lipinski definition) is 15. The summed E-state index contributed by atoms with van der Waals surface area (Å²) in [5.41, 5.74) is 19.5. The third kappa shape index (κ3) is 10.3. The molecule has 3 saturated heterocycles. The molecule has 19 heteroatoms. The standard InChI is InChI=1S/C34H48N6O13/c1-16-17(2)26(38-40-36)33(50-23(16)14-46-20(5)41)52-28-19(4)29(48-13-22-11-9-8-10-12-22)34(53-30(28)32(44)45-7)51-27-18(3)25(37-39-35)31(43)49-24(27)15-47-21(6)42/h8-12,16-19,23-31,33-34,43H,13-15H2,1-7H3/t16-,17-,18+,19-,23?,24?,25?,26?,27-,28-,29?,30?,31?,33+,34+/m0/s1. The fraction of sp³-hybridized carbons (Fsp3) is 0.735. The number of azide groups is 2. The highest BCUT2D eigenvalue weighted by molar-refractivity contribution is 5.75. The lowest BCUT2D eigenvalue weighted by Crippen LogP contribution is -2.63. The van der Waals surface area contributed by atoms with Crippen LogP contribution in [0.5, 0.6) is 0 Å². The minimum Gasteiger partial charge on any atom is -0.467 e. The van der Waals surface area contributed by atoms with Crippen LogP contribution in [0.15, 0.2) is 40.6 Å². The van der Waals surface area contributed by atoms with E-state index >= 15 is 0 Å². The first-order chi connectivity index (χ1) is 25.3. The quantitative estimate of drug-likeness (QED) is 0.0937. The number of carbonyl (C=O) groups excluding carboxylic acids is 3. The predicted molar refractivity (Wildman–Crippen MR) is 181 cm³/mol. The van der Waals surface area contributed by atoms with Crippen molar-refractivity contribution in [2.45, 2.75) is 116 Å². The molecule has 3 aliphatic heterocycles. The Bertz CT molecular complexity index is 1490. The molecule has 0 bridgehead atoms. The molecule has 0 spiro atoms.